The van der Waals surface area contributed by atoms with E-state index in [-0.39, 0.29) is 6.61 Å². The number of rotatable bonds is 3. The summed E-state index contributed by atoms with van der Waals surface area (Å²) in [5, 5.41) is 10.6. The monoisotopic (exact) mass is 278 g/mol. The Bertz CT molecular complexity index is 766. The number of benzene rings is 2. The number of aliphatic hydroxyl groups is 1. The van der Waals surface area contributed by atoms with Gasteiger partial charge in [-0.05, 0) is 36.8 Å². The smallest absolute Gasteiger partial charge is 0.133 e. The first-order valence-corrected chi connectivity index (χ1v) is 6.99. The van der Waals surface area contributed by atoms with Crippen molar-refractivity contribution in [3.8, 4) is 0 Å². The van der Waals surface area contributed by atoms with Crippen LogP contribution in [-0.2, 0) is 6.61 Å². The molecule has 0 bridgehead atoms. The van der Waals surface area contributed by atoms with E-state index in [1.165, 1.54) is 5.56 Å². The highest BCUT2D eigenvalue weighted by atomic mass is 16.3. The molecule has 0 aliphatic heterocycles. The van der Waals surface area contributed by atoms with Crippen LogP contribution >= 0.6 is 0 Å². The Kier molecular flexibility index (Phi) is 3.59. The first kappa shape index (κ1) is 13.6. The van der Waals surface area contributed by atoms with Gasteiger partial charge >= 0.3 is 0 Å². The normalized spacial score (nSPS) is 10.8. The van der Waals surface area contributed by atoms with Crippen molar-refractivity contribution in [3.05, 3.63) is 65.7 Å². The molecule has 0 aliphatic carbocycles. The molecule has 21 heavy (non-hydrogen) atoms. The summed E-state index contributed by atoms with van der Waals surface area (Å²) in [5.41, 5.74) is 4.11. The number of anilines is 2. The topological polar surface area (TPSA) is 36.4 Å². The summed E-state index contributed by atoms with van der Waals surface area (Å²) < 4.78 is 0. The Labute approximate surface area is 124 Å². The Morgan fingerprint density at radius 3 is 2.48 bits per heavy atom. The lowest BCUT2D eigenvalue weighted by molar-refractivity contribution is 0.283. The van der Waals surface area contributed by atoms with Gasteiger partial charge in [0.15, 0.2) is 0 Å². The third-order valence-electron chi connectivity index (χ3n) is 3.72. The second-order valence-electron chi connectivity index (χ2n) is 5.21. The minimum absolute atomic E-state index is 0.0117. The first-order valence-electron chi connectivity index (χ1n) is 6.99. The molecule has 0 atom stereocenters. The molecule has 0 fully saturated rings. The highest BCUT2D eigenvalue weighted by Crippen LogP contribution is 2.27. The lowest BCUT2D eigenvalue weighted by atomic mass is 10.1. The molecule has 0 amide bonds. The molecule has 1 heterocycles. The van der Waals surface area contributed by atoms with E-state index in [2.05, 4.69) is 31.2 Å². The van der Waals surface area contributed by atoms with Crippen LogP contribution in [0.25, 0.3) is 10.9 Å². The molecule has 0 radical (unpaired) electrons. The van der Waals surface area contributed by atoms with Gasteiger partial charge in [-0.2, -0.15) is 0 Å². The minimum Gasteiger partial charge on any atom is -0.392 e. The van der Waals surface area contributed by atoms with Gasteiger partial charge in [0.25, 0.3) is 0 Å². The SMILES string of the molecule is Cc1ccc(N(C)c2cc(CO)c3ccccc3n2)cc1. The summed E-state index contributed by atoms with van der Waals surface area (Å²) in [4.78, 5) is 6.73. The average Bonchev–Trinajstić information content (AvgIpc) is 2.53. The van der Waals surface area contributed by atoms with Gasteiger partial charge in [-0.25, -0.2) is 4.98 Å². The summed E-state index contributed by atoms with van der Waals surface area (Å²) in [6, 6.07) is 18.2. The highest BCUT2D eigenvalue weighted by molar-refractivity contribution is 5.84. The Morgan fingerprint density at radius 1 is 1.05 bits per heavy atom. The minimum atomic E-state index is 0.0117. The van der Waals surface area contributed by atoms with Gasteiger partial charge in [0, 0.05) is 18.1 Å². The van der Waals surface area contributed by atoms with Crippen LogP contribution < -0.4 is 4.90 Å². The fraction of sp³-hybridized carbons (Fsp3) is 0.167. The van der Waals surface area contributed by atoms with Crippen LogP contribution in [0, 0.1) is 6.92 Å². The van der Waals surface area contributed by atoms with Gasteiger partial charge in [0.1, 0.15) is 5.82 Å². The van der Waals surface area contributed by atoms with E-state index >= 15 is 0 Å². The molecule has 3 rings (SSSR count). The number of aromatic nitrogens is 1. The molecule has 0 aliphatic rings. The van der Waals surface area contributed by atoms with E-state index < -0.39 is 0 Å². The zero-order chi connectivity index (χ0) is 14.8. The predicted molar refractivity (Wildman–Crippen MR) is 86.9 cm³/mol. The standard InChI is InChI=1S/C18H18N2O/c1-13-7-9-15(10-8-13)20(2)18-11-14(12-21)16-5-3-4-6-17(16)19-18/h3-11,21H,12H2,1-2H3. The molecular formula is C18H18N2O. The van der Waals surface area contributed by atoms with Gasteiger partial charge in [-0.3, -0.25) is 0 Å². The maximum atomic E-state index is 9.60. The summed E-state index contributed by atoms with van der Waals surface area (Å²) in [6.07, 6.45) is 0. The summed E-state index contributed by atoms with van der Waals surface area (Å²) >= 11 is 0. The first-order chi connectivity index (χ1) is 10.2. The molecule has 0 saturated heterocycles. The number of fused-ring (bicyclic) bond motifs is 1. The number of para-hydroxylation sites is 1. The fourth-order valence-electron chi connectivity index (χ4n) is 2.44. The molecule has 3 nitrogen and oxygen atoms in total. The van der Waals surface area contributed by atoms with Crippen molar-refractivity contribution < 1.29 is 5.11 Å². The molecule has 0 spiro atoms. The number of aliphatic hydroxyl groups excluding tert-OH is 1. The van der Waals surface area contributed by atoms with Crippen LogP contribution in [0.2, 0.25) is 0 Å². The van der Waals surface area contributed by atoms with E-state index in [4.69, 9.17) is 4.98 Å². The van der Waals surface area contributed by atoms with Crippen LogP contribution in [-0.4, -0.2) is 17.1 Å². The van der Waals surface area contributed by atoms with Crippen molar-refractivity contribution in [1.29, 1.82) is 0 Å². The van der Waals surface area contributed by atoms with Gasteiger partial charge < -0.3 is 10.0 Å². The van der Waals surface area contributed by atoms with Gasteiger partial charge in [0.05, 0.1) is 12.1 Å². The highest BCUT2D eigenvalue weighted by Gasteiger charge is 2.09. The third-order valence-corrected chi connectivity index (χ3v) is 3.72. The maximum Gasteiger partial charge on any atom is 0.133 e. The van der Waals surface area contributed by atoms with Gasteiger partial charge in [-0.15, -0.1) is 0 Å². The van der Waals surface area contributed by atoms with Crippen LogP contribution in [0.3, 0.4) is 0 Å². The van der Waals surface area contributed by atoms with Crippen LogP contribution in [0.1, 0.15) is 11.1 Å². The van der Waals surface area contributed by atoms with Crippen molar-refractivity contribution in [2.24, 2.45) is 0 Å². The molecular weight excluding hydrogens is 260 g/mol. The number of nitrogens with zero attached hydrogens (tertiary/aromatic N) is 2. The van der Waals surface area contributed by atoms with E-state index in [1.807, 2.05) is 42.3 Å². The lowest BCUT2D eigenvalue weighted by Crippen LogP contribution is -2.11. The number of pyridine rings is 1. The van der Waals surface area contributed by atoms with Crippen LogP contribution in [0.4, 0.5) is 11.5 Å². The number of hydrogen-bond acceptors (Lipinski definition) is 3. The molecule has 1 N–H and O–H groups in total. The zero-order valence-corrected chi connectivity index (χ0v) is 12.2. The van der Waals surface area contributed by atoms with Crippen molar-refractivity contribution in [3.63, 3.8) is 0 Å². The largest absolute Gasteiger partial charge is 0.392 e. The predicted octanol–water partition coefficient (Wildman–Crippen LogP) is 3.80. The lowest BCUT2D eigenvalue weighted by Gasteiger charge is -2.20. The fourth-order valence-corrected chi connectivity index (χ4v) is 2.44. The molecule has 1 aromatic heterocycles. The van der Waals surface area contributed by atoms with Crippen molar-refractivity contribution >= 4 is 22.4 Å². The molecule has 2 aromatic carbocycles. The maximum absolute atomic E-state index is 9.60. The van der Waals surface area contributed by atoms with Crippen molar-refractivity contribution in [1.82, 2.24) is 4.98 Å². The van der Waals surface area contributed by atoms with Crippen LogP contribution in [0.5, 0.6) is 0 Å². The Balaban J connectivity index is 2.09. The van der Waals surface area contributed by atoms with Crippen molar-refractivity contribution in [2.75, 3.05) is 11.9 Å². The molecule has 3 aromatic rings. The second kappa shape index (κ2) is 5.54. The van der Waals surface area contributed by atoms with Gasteiger partial charge in [-0.1, -0.05) is 35.9 Å². The zero-order valence-electron chi connectivity index (χ0n) is 12.2. The van der Waals surface area contributed by atoms with E-state index in [0.29, 0.717) is 0 Å². The quantitative estimate of drug-likeness (QED) is 0.791. The average molecular weight is 278 g/mol. The summed E-state index contributed by atoms with van der Waals surface area (Å²) in [7, 11) is 1.99. The number of hydrogen-bond donors (Lipinski definition) is 1. The van der Waals surface area contributed by atoms with Crippen LogP contribution in [0.15, 0.2) is 54.6 Å². The third kappa shape index (κ3) is 2.60. The summed E-state index contributed by atoms with van der Waals surface area (Å²) in [5.74, 6) is 0.835. The Hall–Kier alpha value is -2.39. The van der Waals surface area contributed by atoms with E-state index in [9.17, 15) is 5.11 Å². The number of aryl methyl sites for hydroxylation is 1. The van der Waals surface area contributed by atoms with Gasteiger partial charge in [0.2, 0.25) is 0 Å². The Morgan fingerprint density at radius 2 is 1.76 bits per heavy atom. The van der Waals surface area contributed by atoms with E-state index in [0.717, 1.165) is 28.0 Å². The second-order valence-corrected chi connectivity index (χ2v) is 5.21. The van der Waals surface area contributed by atoms with Crippen molar-refractivity contribution in [2.45, 2.75) is 13.5 Å². The molecule has 0 saturated carbocycles. The molecule has 0 unspecified atom stereocenters. The molecule has 3 heteroatoms. The summed E-state index contributed by atoms with van der Waals surface area (Å²) in [6.45, 7) is 2.08. The van der Waals surface area contributed by atoms with E-state index in [1.54, 1.807) is 0 Å². The molecule has 106 valence electrons.